The summed E-state index contributed by atoms with van der Waals surface area (Å²) in [6.07, 6.45) is 0.852. The van der Waals surface area contributed by atoms with Gasteiger partial charge >= 0.3 is 5.63 Å². The molecular formula is C15H12O2S. The molecule has 0 fully saturated rings. The van der Waals surface area contributed by atoms with Crippen molar-refractivity contribution in [1.29, 1.82) is 0 Å². The molecule has 3 heteroatoms. The Balaban J connectivity index is 2.39. The van der Waals surface area contributed by atoms with Gasteiger partial charge in [0.25, 0.3) is 0 Å². The maximum Gasteiger partial charge on any atom is 0.345 e. The highest BCUT2D eigenvalue weighted by atomic mass is 32.1. The smallest absolute Gasteiger partial charge is 0.345 e. The maximum absolute atomic E-state index is 11.9. The summed E-state index contributed by atoms with van der Waals surface area (Å²) in [5.74, 6) is 0.707. The molecule has 0 amide bonds. The predicted molar refractivity (Wildman–Crippen MR) is 75.2 cm³/mol. The zero-order valence-electron chi connectivity index (χ0n) is 9.97. The Kier molecular flexibility index (Phi) is 2.76. The van der Waals surface area contributed by atoms with Gasteiger partial charge in [-0.1, -0.05) is 37.3 Å². The predicted octanol–water partition coefficient (Wildman–Crippen LogP) is 4.08. The molecule has 0 N–H and O–H groups in total. The summed E-state index contributed by atoms with van der Waals surface area (Å²) >= 11 is 1.60. The van der Waals surface area contributed by atoms with E-state index in [2.05, 4.69) is 6.92 Å². The molecule has 0 atom stereocenters. The molecule has 18 heavy (non-hydrogen) atoms. The zero-order chi connectivity index (χ0) is 12.5. The highest BCUT2D eigenvalue weighted by molar-refractivity contribution is 7.17. The van der Waals surface area contributed by atoms with Gasteiger partial charge in [0.1, 0.15) is 5.76 Å². The number of benzene rings is 1. The van der Waals surface area contributed by atoms with E-state index in [0.717, 1.165) is 22.2 Å². The molecule has 0 aliphatic heterocycles. The molecule has 0 saturated carbocycles. The van der Waals surface area contributed by atoms with E-state index in [9.17, 15) is 4.79 Å². The van der Waals surface area contributed by atoms with Gasteiger partial charge in [0.2, 0.25) is 0 Å². The highest BCUT2D eigenvalue weighted by Crippen LogP contribution is 2.31. The van der Waals surface area contributed by atoms with Crippen molar-refractivity contribution in [2.24, 2.45) is 0 Å². The Morgan fingerprint density at radius 2 is 1.94 bits per heavy atom. The van der Waals surface area contributed by atoms with Crippen LogP contribution in [-0.2, 0) is 6.42 Å². The van der Waals surface area contributed by atoms with E-state index < -0.39 is 0 Å². The van der Waals surface area contributed by atoms with Gasteiger partial charge in [-0.2, -0.15) is 0 Å². The molecule has 90 valence electrons. The summed E-state index contributed by atoms with van der Waals surface area (Å²) in [6.45, 7) is 2.08. The lowest BCUT2D eigenvalue weighted by atomic mass is 10.0. The number of hydrogen-bond acceptors (Lipinski definition) is 3. The average molecular weight is 256 g/mol. The molecule has 3 rings (SSSR count). The van der Waals surface area contributed by atoms with Crippen molar-refractivity contribution in [2.45, 2.75) is 13.3 Å². The van der Waals surface area contributed by atoms with Crippen molar-refractivity contribution in [3.8, 4) is 11.3 Å². The summed E-state index contributed by atoms with van der Waals surface area (Å²) in [5.41, 5.74) is 1.83. The zero-order valence-corrected chi connectivity index (χ0v) is 10.8. The van der Waals surface area contributed by atoms with E-state index in [1.807, 2.05) is 41.8 Å². The number of hydrogen-bond donors (Lipinski definition) is 0. The number of aryl methyl sites for hydroxylation is 1. The van der Waals surface area contributed by atoms with Gasteiger partial charge in [-0.25, -0.2) is 4.79 Å². The van der Waals surface area contributed by atoms with E-state index in [1.54, 1.807) is 11.3 Å². The van der Waals surface area contributed by atoms with Gasteiger partial charge < -0.3 is 4.42 Å². The third kappa shape index (κ3) is 1.68. The Labute approximate surface area is 109 Å². The van der Waals surface area contributed by atoms with E-state index in [4.69, 9.17) is 4.42 Å². The molecule has 1 aromatic carbocycles. The minimum atomic E-state index is -0.248. The third-order valence-corrected chi connectivity index (χ3v) is 3.99. The van der Waals surface area contributed by atoms with E-state index in [0.29, 0.717) is 11.1 Å². The van der Waals surface area contributed by atoms with Crippen LogP contribution >= 0.6 is 11.3 Å². The number of rotatable bonds is 2. The fourth-order valence-corrected chi connectivity index (χ4v) is 3.16. The standard InChI is InChI=1S/C15H12O2S/c1-2-11-13(10-6-4-3-5-7-10)17-15(16)12-8-9-18-14(11)12/h3-9H,2H2,1H3. The van der Waals surface area contributed by atoms with Gasteiger partial charge in [0.05, 0.1) is 5.39 Å². The van der Waals surface area contributed by atoms with Gasteiger partial charge in [-0.05, 0) is 17.9 Å². The van der Waals surface area contributed by atoms with E-state index in [1.165, 1.54) is 0 Å². The van der Waals surface area contributed by atoms with Crippen molar-refractivity contribution in [3.63, 3.8) is 0 Å². The van der Waals surface area contributed by atoms with Crippen molar-refractivity contribution in [2.75, 3.05) is 0 Å². The first kappa shape index (κ1) is 11.2. The van der Waals surface area contributed by atoms with Crippen LogP contribution < -0.4 is 5.63 Å². The molecule has 2 heterocycles. The first-order chi connectivity index (χ1) is 8.81. The second-order valence-corrected chi connectivity index (χ2v) is 5.00. The molecule has 0 bridgehead atoms. The molecule has 0 unspecified atom stereocenters. The highest BCUT2D eigenvalue weighted by Gasteiger charge is 2.14. The molecular weight excluding hydrogens is 244 g/mol. The van der Waals surface area contributed by atoms with Crippen LogP contribution in [-0.4, -0.2) is 0 Å². The largest absolute Gasteiger partial charge is 0.422 e. The van der Waals surface area contributed by atoms with Crippen molar-refractivity contribution in [1.82, 2.24) is 0 Å². The van der Waals surface area contributed by atoms with Crippen LogP contribution in [0.2, 0.25) is 0 Å². The minimum Gasteiger partial charge on any atom is -0.422 e. The van der Waals surface area contributed by atoms with E-state index >= 15 is 0 Å². The van der Waals surface area contributed by atoms with Gasteiger partial charge in [0.15, 0.2) is 0 Å². The normalized spacial score (nSPS) is 10.9. The average Bonchev–Trinajstić information content (AvgIpc) is 2.89. The Morgan fingerprint density at radius 1 is 1.17 bits per heavy atom. The Hall–Kier alpha value is -1.87. The second kappa shape index (κ2) is 4.42. The van der Waals surface area contributed by atoms with E-state index in [-0.39, 0.29) is 5.63 Å². The molecule has 0 radical (unpaired) electrons. The Morgan fingerprint density at radius 3 is 2.67 bits per heavy atom. The van der Waals surface area contributed by atoms with Crippen molar-refractivity contribution in [3.05, 3.63) is 57.8 Å². The van der Waals surface area contributed by atoms with Crippen LogP contribution in [0.5, 0.6) is 0 Å². The molecule has 0 saturated heterocycles. The van der Waals surface area contributed by atoms with Crippen LogP contribution in [0.4, 0.5) is 0 Å². The summed E-state index contributed by atoms with van der Waals surface area (Å²) in [4.78, 5) is 11.9. The number of thiophene rings is 1. The summed E-state index contributed by atoms with van der Waals surface area (Å²) in [6, 6.07) is 11.6. The Bertz CT molecular complexity index is 738. The summed E-state index contributed by atoms with van der Waals surface area (Å²) in [5, 5.41) is 2.63. The molecule has 0 aliphatic rings. The van der Waals surface area contributed by atoms with Crippen molar-refractivity contribution < 1.29 is 4.42 Å². The molecule has 3 aromatic rings. The first-order valence-corrected chi connectivity index (χ1v) is 6.78. The fourth-order valence-electron chi connectivity index (χ4n) is 2.16. The SMILES string of the molecule is CCc1c(-c2ccccc2)oc(=O)c2ccsc12. The van der Waals surface area contributed by atoms with Gasteiger partial charge in [-0.3, -0.25) is 0 Å². The van der Waals surface area contributed by atoms with Crippen LogP contribution in [0, 0.1) is 0 Å². The summed E-state index contributed by atoms with van der Waals surface area (Å²) < 4.78 is 6.56. The number of fused-ring (bicyclic) bond motifs is 1. The molecule has 2 nitrogen and oxygen atoms in total. The molecule has 0 aliphatic carbocycles. The molecule has 0 spiro atoms. The lowest BCUT2D eigenvalue weighted by Crippen LogP contribution is -2.02. The van der Waals surface area contributed by atoms with Crippen LogP contribution in [0.3, 0.4) is 0 Å². The monoisotopic (exact) mass is 256 g/mol. The first-order valence-electron chi connectivity index (χ1n) is 5.90. The fraction of sp³-hybridized carbons (Fsp3) is 0.133. The van der Waals surface area contributed by atoms with Crippen LogP contribution in [0.15, 0.2) is 51.0 Å². The lowest BCUT2D eigenvalue weighted by Gasteiger charge is -2.07. The van der Waals surface area contributed by atoms with Gasteiger partial charge in [0, 0.05) is 15.8 Å². The lowest BCUT2D eigenvalue weighted by molar-refractivity contribution is 0.530. The van der Waals surface area contributed by atoms with Crippen LogP contribution in [0.1, 0.15) is 12.5 Å². The summed E-state index contributed by atoms with van der Waals surface area (Å²) in [7, 11) is 0. The van der Waals surface area contributed by atoms with Crippen LogP contribution in [0.25, 0.3) is 21.4 Å². The minimum absolute atomic E-state index is 0.248. The van der Waals surface area contributed by atoms with Crippen molar-refractivity contribution >= 4 is 21.4 Å². The quantitative estimate of drug-likeness (QED) is 0.691. The van der Waals surface area contributed by atoms with Gasteiger partial charge in [-0.15, -0.1) is 11.3 Å². The second-order valence-electron chi connectivity index (χ2n) is 4.08. The molecule has 2 aromatic heterocycles. The topological polar surface area (TPSA) is 30.2 Å². The third-order valence-electron chi connectivity index (χ3n) is 3.02. The maximum atomic E-state index is 11.9.